The summed E-state index contributed by atoms with van der Waals surface area (Å²) in [5.74, 6) is 0.0889. The smallest absolute Gasteiger partial charge is 0.224 e. The van der Waals surface area contributed by atoms with E-state index in [0.29, 0.717) is 6.42 Å². The monoisotopic (exact) mass is 219 g/mol. The van der Waals surface area contributed by atoms with E-state index in [9.17, 15) is 4.79 Å². The lowest BCUT2D eigenvalue weighted by Crippen LogP contribution is -2.13. The van der Waals surface area contributed by atoms with Crippen LogP contribution in [0.15, 0.2) is 24.3 Å². The third-order valence-corrected chi connectivity index (χ3v) is 2.51. The standard InChI is InChI=1S/C14H21NO/c1-5-6-13(16)15-12-9-7-11(8-10-12)14(2,3)4/h7-10H,5-6H2,1-4H3,(H,15,16). The average molecular weight is 219 g/mol. The number of anilines is 1. The van der Waals surface area contributed by atoms with Crippen molar-refractivity contribution in [2.24, 2.45) is 0 Å². The molecule has 0 spiro atoms. The second kappa shape index (κ2) is 5.15. The highest BCUT2D eigenvalue weighted by atomic mass is 16.1. The van der Waals surface area contributed by atoms with Crippen LogP contribution in [0.25, 0.3) is 0 Å². The normalized spacial score (nSPS) is 11.2. The van der Waals surface area contributed by atoms with E-state index in [1.807, 2.05) is 19.1 Å². The van der Waals surface area contributed by atoms with E-state index in [0.717, 1.165) is 12.1 Å². The highest BCUT2D eigenvalue weighted by Gasteiger charge is 2.12. The lowest BCUT2D eigenvalue weighted by molar-refractivity contribution is -0.116. The molecule has 16 heavy (non-hydrogen) atoms. The highest BCUT2D eigenvalue weighted by Crippen LogP contribution is 2.23. The van der Waals surface area contributed by atoms with Crippen molar-refractivity contribution in [3.05, 3.63) is 29.8 Å². The summed E-state index contributed by atoms with van der Waals surface area (Å²) in [6.45, 7) is 8.54. The zero-order valence-corrected chi connectivity index (χ0v) is 10.6. The molecule has 0 aliphatic carbocycles. The summed E-state index contributed by atoms with van der Waals surface area (Å²) in [4.78, 5) is 11.4. The molecule has 0 heterocycles. The van der Waals surface area contributed by atoms with Crippen molar-refractivity contribution in [1.82, 2.24) is 0 Å². The SMILES string of the molecule is CCCC(=O)Nc1ccc(C(C)(C)C)cc1. The van der Waals surface area contributed by atoms with Gasteiger partial charge < -0.3 is 5.32 Å². The number of carbonyl (C=O) groups is 1. The van der Waals surface area contributed by atoms with E-state index in [-0.39, 0.29) is 11.3 Å². The maximum atomic E-state index is 11.4. The first-order valence-corrected chi connectivity index (χ1v) is 5.84. The van der Waals surface area contributed by atoms with E-state index in [2.05, 4.69) is 38.2 Å². The van der Waals surface area contributed by atoms with Crippen LogP contribution in [0.2, 0.25) is 0 Å². The Hall–Kier alpha value is -1.31. The molecule has 0 saturated heterocycles. The van der Waals surface area contributed by atoms with Gasteiger partial charge in [-0.05, 0) is 29.5 Å². The number of rotatable bonds is 3. The fourth-order valence-electron chi connectivity index (χ4n) is 1.50. The molecule has 1 rings (SSSR count). The van der Waals surface area contributed by atoms with Gasteiger partial charge in [0.15, 0.2) is 0 Å². The first-order chi connectivity index (χ1) is 7.43. The molecule has 0 bridgehead atoms. The summed E-state index contributed by atoms with van der Waals surface area (Å²) in [6.07, 6.45) is 1.47. The van der Waals surface area contributed by atoms with Crippen molar-refractivity contribution in [2.45, 2.75) is 46.0 Å². The van der Waals surface area contributed by atoms with Crippen molar-refractivity contribution < 1.29 is 4.79 Å². The van der Waals surface area contributed by atoms with Crippen molar-refractivity contribution in [3.8, 4) is 0 Å². The third kappa shape index (κ3) is 3.69. The van der Waals surface area contributed by atoms with Gasteiger partial charge in [0.2, 0.25) is 5.91 Å². The van der Waals surface area contributed by atoms with Gasteiger partial charge in [0.05, 0.1) is 0 Å². The molecule has 0 saturated carbocycles. The predicted octanol–water partition coefficient (Wildman–Crippen LogP) is 3.72. The molecule has 0 atom stereocenters. The first kappa shape index (κ1) is 12.8. The van der Waals surface area contributed by atoms with Crippen molar-refractivity contribution >= 4 is 11.6 Å². The summed E-state index contributed by atoms with van der Waals surface area (Å²) >= 11 is 0. The lowest BCUT2D eigenvalue weighted by atomic mass is 9.87. The Labute approximate surface area is 98.1 Å². The maximum Gasteiger partial charge on any atom is 0.224 e. The molecule has 0 aliphatic heterocycles. The molecule has 1 amide bonds. The van der Waals surface area contributed by atoms with Crippen LogP contribution in [0.3, 0.4) is 0 Å². The van der Waals surface area contributed by atoms with E-state index >= 15 is 0 Å². The topological polar surface area (TPSA) is 29.1 Å². The molecule has 1 N–H and O–H groups in total. The van der Waals surface area contributed by atoms with Crippen LogP contribution >= 0.6 is 0 Å². The molecule has 0 unspecified atom stereocenters. The number of benzene rings is 1. The van der Waals surface area contributed by atoms with Crippen molar-refractivity contribution in [3.63, 3.8) is 0 Å². The molecule has 2 nitrogen and oxygen atoms in total. The molecular weight excluding hydrogens is 198 g/mol. The minimum Gasteiger partial charge on any atom is -0.326 e. The van der Waals surface area contributed by atoms with Gasteiger partial charge in [0.1, 0.15) is 0 Å². The number of carbonyl (C=O) groups excluding carboxylic acids is 1. The van der Waals surface area contributed by atoms with E-state index in [1.165, 1.54) is 5.56 Å². The van der Waals surface area contributed by atoms with Gasteiger partial charge in [-0.3, -0.25) is 4.79 Å². The molecule has 1 aromatic carbocycles. The number of amides is 1. The summed E-state index contributed by atoms with van der Waals surface area (Å²) in [5.41, 5.74) is 2.32. The maximum absolute atomic E-state index is 11.4. The number of nitrogens with one attached hydrogen (secondary N) is 1. The zero-order valence-electron chi connectivity index (χ0n) is 10.6. The van der Waals surface area contributed by atoms with Crippen molar-refractivity contribution in [1.29, 1.82) is 0 Å². The Balaban J connectivity index is 2.69. The second-order valence-electron chi connectivity index (χ2n) is 5.13. The van der Waals surface area contributed by atoms with Crippen LogP contribution in [0.4, 0.5) is 5.69 Å². The third-order valence-electron chi connectivity index (χ3n) is 2.51. The van der Waals surface area contributed by atoms with E-state index in [1.54, 1.807) is 0 Å². The summed E-state index contributed by atoms with van der Waals surface area (Å²) in [7, 11) is 0. The van der Waals surface area contributed by atoms with Gasteiger partial charge in [-0.1, -0.05) is 39.8 Å². The van der Waals surface area contributed by atoms with Crippen LogP contribution in [-0.2, 0) is 10.2 Å². The molecule has 88 valence electrons. The van der Waals surface area contributed by atoms with Crippen molar-refractivity contribution in [2.75, 3.05) is 5.32 Å². The Bertz CT molecular complexity index is 346. The van der Waals surface area contributed by atoms with Crippen LogP contribution in [0.1, 0.15) is 46.1 Å². The molecule has 1 aromatic rings. The number of hydrogen-bond acceptors (Lipinski definition) is 1. The summed E-state index contributed by atoms with van der Waals surface area (Å²) < 4.78 is 0. The molecular formula is C14H21NO. The minimum atomic E-state index is 0.0889. The van der Waals surface area contributed by atoms with Gasteiger partial charge in [0.25, 0.3) is 0 Å². The number of hydrogen-bond donors (Lipinski definition) is 1. The fourth-order valence-corrected chi connectivity index (χ4v) is 1.50. The zero-order chi connectivity index (χ0) is 12.2. The van der Waals surface area contributed by atoms with Gasteiger partial charge in [-0.25, -0.2) is 0 Å². The fraction of sp³-hybridized carbons (Fsp3) is 0.500. The summed E-state index contributed by atoms with van der Waals surface area (Å²) in [5, 5.41) is 2.88. The Morgan fingerprint density at radius 2 is 1.75 bits per heavy atom. The molecule has 0 radical (unpaired) electrons. The van der Waals surface area contributed by atoms with Crippen LogP contribution in [-0.4, -0.2) is 5.91 Å². The van der Waals surface area contributed by atoms with E-state index < -0.39 is 0 Å². The van der Waals surface area contributed by atoms with Gasteiger partial charge in [-0.2, -0.15) is 0 Å². The Morgan fingerprint density at radius 1 is 1.19 bits per heavy atom. The van der Waals surface area contributed by atoms with E-state index in [4.69, 9.17) is 0 Å². The largest absolute Gasteiger partial charge is 0.326 e. The van der Waals surface area contributed by atoms with Crippen LogP contribution < -0.4 is 5.32 Å². The highest BCUT2D eigenvalue weighted by molar-refractivity contribution is 5.90. The Morgan fingerprint density at radius 3 is 2.19 bits per heavy atom. The first-order valence-electron chi connectivity index (χ1n) is 5.84. The average Bonchev–Trinajstić information content (AvgIpc) is 2.17. The second-order valence-corrected chi connectivity index (χ2v) is 5.13. The quantitative estimate of drug-likeness (QED) is 0.824. The lowest BCUT2D eigenvalue weighted by Gasteiger charge is -2.19. The van der Waals surface area contributed by atoms with Crippen LogP contribution in [0.5, 0.6) is 0 Å². The molecule has 0 aromatic heterocycles. The van der Waals surface area contributed by atoms with Gasteiger partial charge in [0, 0.05) is 12.1 Å². The minimum absolute atomic E-state index is 0.0889. The Kier molecular flexibility index (Phi) is 4.11. The molecule has 0 aliphatic rings. The van der Waals surface area contributed by atoms with Gasteiger partial charge >= 0.3 is 0 Å². The summed E-state index contributed by atoms with van der Waals surface area (Å²) in [6, 6.07) is 8.07. The molecule has 0 fully saturated rings. The molecule has 2 heteroatoms. The predicted molar refractivity (Wildman–Crippen MR) is 68.7 cm³/mol. The van der Waals surface area contributed by atoms with Crippen LogP contribution in [0, 0.1) is 0 Å². The van der Waals surface area contributed by atoms with Gasteiger partial charge in [-0.15, -0.1) is 0 Å².